The number of rotatable bonds is 9. The summed E-state index contributed by atoms with van der Waals surface area (Å²) in [5.41, 5.74) is 0.606. The van der Waals surface area contributed by atoms with E-state index in [0.29, 0.717) is 29.4 Å². The summed E-state index contributed by atoms with van der Waals surface area (Å²) in [6.45, 7) is 0.800. The second-order valence-electron chi connectivity index (χ2n) is 5.83. The van der Waals surface area contributed by atoms with Crippen molar-refractivity contribution < 1.29 is 33.3 Å². The van der Waals surface area contributed by atoms with Crippen molar-refractivity contribution in [3.8, 4) is 17.2 Å². The number of esters is 1. The summed E-state index contributed by atoms with van der Waals surface area (Å²) < 4.78 is 26.1. The van der Waals surface area contributed by atoms with E-state index in [1.165, 1.54) is 33.5 Å². The molecule has 1 fully saturated rings. The molecule has 0 radical (unpaired) electrons. The van der Waals surface area contributed by atoms with Gasteiger partial charge in [-0.05, 0) is 25.0 Å². The summed E-state index contributed by atoms with van der Waals surface area (Å²) in [5, 5.41) is 2.68. The Morgan fingerprint density at radius 2 is 1.85 bits per heavy atom. The molecule has 1 aliphatic rings. The second-order valence-corrected chi connectivity index (χ2v) is 5.83. The Morgan fingerprint density at radius 3 is 2.48 bits per heavy atom. The standard InChI is InChI=1S/C19H25NO7/c1-23-15-10-17(25-3)16(24-2)9-13(15)6-7-19(22)27-12-18(21)20-11-14-5-4-8-26-14/h6-7,9-10,14H,4-5,8,11-12H2,1-3H3,(H,20,21)/b7-6+/t14-/m1/s1. The highest BCUT2D eigenvalue weighted by atomic mass is 16.5. The summed E-state index contributed by atoms with van der Waals surface area (Å²) in [4.78, 5) is 23.6. The van der Waals surface area contributed by atoms with E-state index in [1.54, 1.807) is 12.1 Å². The molecule has 0 aromatic heterocycles. The van der Waals surface area contributed by atoms with Crippen LogP contribution >= 0.6 is 0 Å². The van der Waals surface area contributed by atoms with Crippen LogP contribution in [-0.2, 0) is 19.1 Å². The molecule has 0 unspecified atom stereocenters. The maximum absolute atomic E-state index is 11.8. The predicted octanol–water partition coefficient (Wildman–Crippen LogP) is 1.56. The summed E-state index contributed by atoms with van der Waals surface area (Å²) in [6, 6.07) is 3.33. The first-order valence-corrected chi connectivity index (χ1v) is 8.60. The zero-order chi connectivity index (χ0) is 19.6. The van der Waals surface area contributed by atoms with Crippen molar-refractivity contribution in [1.29, 1.82) is 0 Å². The molecule has 8 heteroatoms. The lowest BCUT2D eigenvalue weighted by Gasteiger charge is -2.12. The van der Waals surface area contributed by atoms with Crippen LogP contribution in [0, 0.1) is 0 Å². The quantitative estimate of drug-likeness (QED) is 0.514. The van der Waals surface area contributed by atoms with E-state index in [9.17, 15) is 9.59 Å². The second kappa shape index (κ2) is 10.4. The Kier molecular flexibility index (Phi) is 7.94. The molecule has 8 nitrogen and oxygen atoms in total. The van der Waals surface area contributed by atoms with E-state index >= 15 is 0 Å². The van der Waals surface area contributed by atoms with Crippen molar-refractivity contribution in [1.82, 2.24) is 5.32 Å². The molecule has 0 saturated carbocycles. The number of benzene rings is 1. The Labute approximate surface area is 158 Å². The molecule has 1 aliphatic heterocycles. The number of hydrogen-bond acceptors (Lipinski definition) is 7. The maximum atomic E-state index is 11.8. The maximum Gasteiger partial charge on any atom is 0.331 e. The van der Waals surface area contributed by atoms with Gasteiger partial charge in [-0.25, -0.2) is 4.79 Å². The molecule has 1 N–H and O–H groups in total. The third-order valence-electron chi connectivity index (χ3n) is 4.03. The number of methoxy groups -OCH3 is 3. The monoisotopic (exact) mass is 379 g/mol. The molecule has 1 saturated heterocycles. The molecule has 0 bridgehead atoms. The van der Waals surface area contributed by atoms with Crippen molar-refractivity contribution in [2.45, 2.75) is 18.9 Å². The number of amides is 1. The zero-order valence-corrected chi connectivity index (χ0v) is 15.8. The Balaban J connectivity index is 1.87. The highest BCUT2D eigenvalue weighted by molar-refractivity contribution is 5.89. The van der Waals surface area contributed by atoms with Gasteiger partial charge in [0.25, 0.3) is 5.91 Å². The number of carbonyl (C=O) groups excluding carboxylic acids is 2. The lowest BCUT2D eigenvalue weighted by molar-refractivity contribution is -0.143. The molecule has 2 rings (SSSR count). The Hall–Kier alpha value is -2.74. The number of carbonyl (C=O) groups is 2. The minimum absolute atomic E-state index is 0.0436. The van der Waals surface area contributed by atoms with E-state index in [-0.39, 0.29) is 18.6 Å². The fraction of sp³-hybridized carbons (Fsp3) is 0.474. The molecule has 1 amide bonds. The Bertz CT molecular complexity index is 681. The lowest BCUT2D eigenvalue weighted by Crippen LogP contribution is -2.34. The first-order valence-electron chi connectivity index (χ1n) is 8.60. The van der Waals surface area contributed by atoms with Crippen molar-refractivity contribution in [2.24, 2.45) is 0 Å². The molecular weight excluding hydrogens is 354 g/mol. The van der Waals surface area contributed by atoms with Crippen LogP contribution in [0.3, 0.4) is 0 Å². The van der Waals surface area contributed by atoms with E-state index < -0.39 is 5.97 Å². The van der Waals surface area contributed by atoms with E-state index in [1.807, 2.05) is 0 Å². The minimum Gasteiger partial charge on any atom is -0.496 e. The first kappa shape index (κ1) is 20.6. The molecule has 0 aliphatic carbocycles. The number of hydrogen-bond donors (Lipinski definition) is 1. The molecular formula is C19H25NO7. The average Bonchev–Trinajstić information content (AvgIpc) is 3.21. The van der Waals surface area contributed by atoms with Gasteiger partial charge in [-0.3, -0.25) is 4.79 Å². The number of nitrogens with one attached hydrogen (secondary N) is 1. The van der Waals surface area contributed by atoms with Crippen LogP contribution in [0.1, 0.15) is 18.4 Å². The molecule has 1 aromatic rings. The zero-order valence-electron chi connectivity index (χ0n) is 15.8. The van der Waals surface area contributed by atoms with E-state index in [0.717, 1.165) is 19.4 Å². The summed E-state index contributed by atoms with van der Waals surface area (Å²) in [6.07, 6.45) is 4.71. The highest BCUT2D eigenvalue weighted by Gasteiger charge is 2.16. The normalized spacial score (nSPS) is 16.2. The molecule has 27 heavy (non-hydrogen) atoms. The smallest absolute Gasteiger partial charge is 0.331 e. The summed E-state index contributed by atoms with van der Waals surface area (Å²) >= 11 is 0. The highest BCUT2D eigenvalue weighted by Crippen LogP contribution is 2.35. The van der Waals surface area contributed by atoms with Crippen molar-refractivity contribution >= 4 is 18.0 Å². The fourth-order valence-electron chi connectivity index (χ4n) is 2.61. The molecule has 1 atom stereocenters. The van der Waals surface area contributed by atoms with Crippen molar-refractivity contribution in [3.05, 3.63) is 23.8 Å². The SMILES string of the molecule is COc1cc(OC)c(OC)cc1/C=C/C(=O)OCC(=O)NC[C@H]1CCCO1. The number of ether oxygens (including phenoxy) is 5. The van der Waals surface area contributed by atoms with Crippen molar-refractivity contribution in [3.63, 3.8) is 0 Å². The third-order valence-corrected chi connectivity index (χ3v) is 4.03. The summed E-state index contributed by atoms with van der Waals surface area (Å²) in [5.74, 6) is 0.512. The molecule has 1 heterocycles. The van der Waals surface area contributed by atoms with Gasteiger partial charge in [0.2, 0.25) is 0 Å². The van der Waals surface area contributed by atoms with Crippen LogP contribution < -0.4 is 19.5 Å². The van der Waals surface area contributed by atoms with Gasteiger partial charge in [-0.1, -0.05) is 0 Å². The van der Waals surface area contributed by atoms with Crippen LogP contribution in [0.2, 0.25) is 0 Å². The third kappa shape index (κ3) is 6.18. The molecule has 148 valence electrons. The van der Waals surface area contributed by atoms with Crippen LogP contribution in [-0.4, -0.2) is 59.1 Å². The van der Waals surface area contributed by atoms with Gasteiger partial charge in [0, 0.05) is 30.9 Å². The molecule has 1 aromatic carbocycles. The van der Waals surface area contributed by atoms with Gasteiger partial charge in [0.15, 0.2) is 18.1 Å². The minimum atomic E-state index is -0.640. The van der Waals surface area contributed by atoms with E-state index in [4.69, 9.17) is 23.7 Å². The van der Waals surface area contributed by atoms with Gasteiger partial charge in [0.05, 0.1) is 27.4 Å². The average molecular weight is 379 g/mol. The molecule has 0 spiro atoms. The summed E-state index contributed by atoms with van der Waals surface area (Å²) in [7, 11) is 4.55. The van der Waals surface area contributed by atoms with E-state index in [2.05, 4.69) is 5.32 Å². The fourth-order valence-corrected chi connectivity index (χ4v) is 2.61. The lowest BCUT2D eigenvalue weighted by atomic mass is 10.1. The predicted molar refractivity (Wildman–Crippen MR) is 98.1 cm³/mol. The van der Waals surface area contributed by atoms with Crippen LogP contribution in [0.25, 0.3) is 6.08 Å². The van der Waals surface area contributed by atoms with Crippen LogP contribution in [0.5, 0.6) is 17.2 Å². The van der Waals surface area contributed by atoms with Crippen molar-refractivity contribution in [2.75, 3.05) is 41.1 Å². The van der Waals surface area contributed by atoms with Gasteiger partial charge in [-0.2, -0.15) is 0 Å². The van der Waals surface area contributed by atoms with Gasteiger partial charge in [0.1, 0.15) is 5.75 Å². The van der Waals surface area contributed by atoms with Crippen LogP contribution in [0.4, 0.5) is 0 Å². The first-order chi connectivity index (χ1) is 13.1. The van der Waals surface area contributed by atoms with Crippen LogP contribution in [0.15, 0.2) is 18.2 Å². The van der Waals surface area contributed by atoms with Gasteiger partial charge in [-0.15, -0.1) is 0 Å². The topological polar surface area (TPSA) is 92.3 Å². The van der Waals surface area contributed by atoms with Gasteiger partial charge < -0.3 is 29.0 Å². The van der Waals surface area contributed by atoms with Gasteiger partial charge >= 0.3 is 5.97 Å². The largest absolute Gasteiger partial charge is 0.496 e. The Morgan fingerprint density at radius 1 is 1.15 bits per heavy atom.